The minimum Gasteiger partial charge on any atom is -0.481 e. The molecule has 4 unspecified atom stereocenters. The second-order valence-electron chi connectivity index (χ2n) is 8.27. The molecule has 180 valence electrons. The van der Waals surface area contributed by atoms with Gasteiger partial charge < -0.3 is 36.8 Å². The van der Waals surface area contributed by atoms with Crippen LogP contribution >= 0.6 is 0 Å². The van der Waals surface area contributed by atoms with E-state index >= 15 is 0 Å². The number of aliphatic carboxylic acids is 2. The number of nitrogens with zero attached hydrogens (tertiary/aromatic N) is 2. The number of unbranched alkanes of at least 4 members (excludes halogenated alkanes) is 1. The number of nitrogens with two attached hydrogens (primary N) is 2. The lowest BCUT2D eigenvalue weighted by molar-refractivity contribution is -0.152. The number of hydrogen-bond donors (Lipinski definition) is 5. The zero-order valence-corrected chi connectivity index (χ0v) is 18.1. The molecule has 4 atom stereocenters. The summed E-state index contributed by atoms with van der Waals surface area (Å²) >= 11 is 0. The van der Waals surface area contributed by atoms with Gasteiger partial charge in [-0.25, -0.2) is 4.79 Å². The predicted molar refractivity (Wildman–Crippen MR) is 112 cm³/mol. The molecule has 0 aromatic rings. The number of carboxylic acids is 2. The molecule has 2 aliphatic heterocycles. The summed E-state index contributed by atoms with van der Waals surface area (Å²) in [5.74, 6) is -3.91. The van der Waals surface area contributed by atoms with E-state index < -0.39 is 60.2 Å². The Balaban J connectivity index is 2.13. The third-order valence-corrected chi connectivity index (χ3v) is 5.93. The van der Waals surface area contributed by atoms with Gasteiger partial charge in [-0.1, -0.05) is 0 Å². The van der Waals surface area contributed by atoms with E-state index in [4.69, 9.17) is 16.6 Å². The molecule has 0 aliphatic carbocycles. The molecule has 7 N–H and O–H groups in total. The standard InChI is InChI=1S/C20H33N5O7/c21-8-2-1-5-13(23-17(28)12(22)11-16(26)27)18(29)24-9-3-6-14(24)19(30)25-10-4-7-15(25)20(31)32/h12-15H,1-11,21-22H2,(H,23,28)(H,26,27)(H,31,32). The Morgan fingerprint density at radius 2 is 1.59 bits per heavy atom. The lowest BCUT2D eigenvalue weighted by atomic mass is 10.1. The van der Waals surface area contributed by atoms with E-state index in [9.17, 15) is 29.1 Å². The highest BCUT2D eigenvalue weighted by Crippen LogP contribution is 2.26. The second kappa shape index (κ2) is 11.8. The second-order valence-corrected chi connectivity index (χ2v) is 8.27. The molecular formula is C20H33N5O7. The highest BCUT2D eigenvalue weighted by atomic mass is 16.4. The van der Waals surface area contributed by atoms with Crippen LogP contribution < -0.4 is 16.8 Å². The van der Waals surface area contributed by atoms with Crippen LogP contribution in [0.1, 0.15) is 51.4 Å². The van der Waals surface area contributed by atoms with Crippen molar-refractivity contribution in [3.8, 4) is 0 Å². The van der Waals surface area contributed by atoms with Crippen molar-refractivity contribution < 1.29 is 34.2 Å². The predicted octanol–water partition coefficient (Wildman–Crippen LogP) is -1.53. The first-order valence-electron chi connectivity index (χ1n) is 11.0. The van der Waals surface area contributed by atoms with Gasteiger partial charge in [0.25, 0.3) is 0 Å². The van der Waals surface area contributed by atoms with E-state index in [-0.39, 0.29) is 6.42 Å². The Morgan fingerprint density at radius 1 is 0.969 bits per heavy atom. The number of carbonyl (C=O) groups is 5. The zero-order chi connectivity index (χ0) is 23.8. The van der Waals surface area contributed by atoms with E-state index in [0.717, 1.165) is 0 Å². The summed E-state index contributed by atoms with van der Waals surface area (Å²) in [5.41, 5.74) is 11.1. The molecule has 0 aromatic carbocycles. The van der Waals surface area contributed by atoms with Crippen molar-refractivity contribution >= 4 is 29.7 Å². The van der Waals surface area contributed by atoms with Gasteiger partial charge in [0.05, 0.1) is 12.5 Å². The van der Waals surface area contributed by atoms with Gasteiger partial charge in [-0.15, -0.1) is 0 Å². The van der Waals surface area contributed by atoms with Gasteiger partial charge in [0.2, 0.25) is 17.7 Å². The lowest BCUT2D eigenvalue weighted by Crippen LogP contribution is -2.57. The average Bonchev–Trinajstić information content (AvgIpc) is 3.41. The quantitative estimate of drug-likeness (QED) is 0.229. The Kier molecular flexibility index (Phi) is 9.39. The van der Waals surface area contributed by atoms with Crippen LogP contribution in [0.4, 0.5) is 0 Å². The molecule has 12 heteroatoms. The maximum atomic E-state index is 13.3. The monoisotopic (exact) mass is 455 g/mol. The van der Waals surface area contributed by atoms with Crippen molar-refractivity contribution in [2.45, 2.75) is 75.5 Å². The Labute approximate surface area is 186 Å². The number of carbonyl (C=O) groups excluding carboxylic acids is 3. The molecule has 0 bridgehead atoms. The van der Waals surface area contributed by atoms with Crippen molar-refractivity contribution in [2.75, 3.05) is 19.6 Å². The first-order chi connectivity index (χ1) is 15.2. The molecule has 0 saturated carbocycles. The highest BCUT2D eigenvalue weighted by molar-refractivity contribution is 5.95. The summed E-state index contributed by atoms with van der Waals surface area (Å²) in [7, 11) is 0. The Morgan fingerprint density at radius 3 is 2.19 bits per heavy atom. The van der Waals surface area contributed by atoms with E-state index in [1.165, 1.54) is 9.80 Å². The van der Waals surface area contributed by atoms with E-state index in [2.05, 4.69) is 5.32 Å². The highest BCUT2D eigenvalue weighted by Gasteiger charge is 2.43. The van der Waals surface area contributed by atoms with Gasteiger partial charge in [0, 0.05) is 13.1 Å². The molecule has 0 radical (unpaired) electrons. The summed E-state index contributed by atoms with van der Waals surface area (Å²) in [6, 6.07) is -3.97. The number of nitrogens with one attached hydrogen (secondary N) is 1. The number of hydrogen-bond acceptors (Lipinski definition) is 7. The topological polar surface area (TPSA) is 196 Å². The first kappa shape index (κ1) is 25.5. The third-order valence-electron chi connectivity index (χ3n) is 5.93. The van der Waals surface area contributed by atoms with E-state index in [1.807, 2.05) is 0 Å². The summed E-state index contributed by atoms with van der Waals surface area (Å²) in [6.07, 6.45) is 2.80. The fraction of sp³-hybridized carbons (Fsp3) is 0.750. The Bertz CT molecular complexity index is 731. The number of carboxylic acid groups (broad SMARTS) is 2. The third kappa shape index (κ3) is 6.39. The molecule has 0 spiro atoms. The molecule has 2 aliphatic rings. The number of amides is 3. The molecule has 2 fully saturated rings. The minimum atomic E-state index is -1.31. The van der Waals surface area contributed by atoms with E-state index in [0.29, 0.717) is 58.2 Å². The molecular weight excluding hydrogens is 422 g/mol. The first-order valence-corrected chi connectivity index (χ1v) is 11.0. The van der Waals surface area contributed by atoms with Crippen LogP contribution in [0, 0.1) is 0 Å². The number of likely N-dealkylation sites (tertiary alicyclic amines) is 2. The van der Waals surface area contributed by atoms with Gasteiger partial charge >= 0.3 is 11.9 Å². The molecule has 32 heavy (non-hydrogen) atoms. The maximum Gasteiger partial charge on any atom is 0.326 e. The minimum absolute atomic E-state index is 0.264. The van der Waals surface area contributed by atoms with Crippen molar-refractivity contribution in [3.05, 3.63) is 0 Å². The summed E-state index contributed by atoms with van der Waals surface area (Å²) in [5, 5.41) is 20.8. The van der Waals surface area contributed by atoms with Crippen molar-refractivity contribution in [3.63, 3.8) is 0 Å². The summed E-state index contributed by atoms with van der Waals surface area (Å²) in [6.45, 7) is 1.05. The fourth-order valence-corrected chi connectivity index (χ4v) is 4.28. The average molecular weight is 456 g/mol. The van der Waals surface area contributed by atoms with Crippen molar-refractivity contribution in [1.82, 2.24) is 15.1 Å². The molecule has 12 nitrogen and oxygen atoms in total. The zero-order valence-electron chi connectivity index (χ0n) is 18.1. The van der Waals surface area contributed by atoms with Gasteiger partial charge in [0.1, 0.15) is 18.1 Å². The molecule has 2 saturated heterocycles. The van der Waals surface area contributed by atoms with Crippen molar-refractivity contribution in [2.24, 2.45) is 11.5 Å². The van der Waals surface area contributed by atoms with Gasteiger partial charge in [0.15, 0.2) is 0 Å². The van der Waals surface area contributed by atoms with Crippen LogP contribution in [-0.4, -0.2) is 93.5 Å². The lowest BCUT2D eigenvalue weighted by Gasteiger charge is -2.32. The van der Waals surface area contributed by atoms with Gasteiger partial charge in [-0.3, -0.25) is 19.2 Å². The summed E-state index contributed by atoms with van der Waals surface area (Å²) < 4.78 is 0. The molecule has 3 amide bonds. The van der Waals surface area contributed by atoms with Gasteiger partial charge in [-0.2, -0.15) is 0 Å². The molecule has 2 heterocycles. The van der Waals surface area contributed by atoms with Crippen LogP contribution in [0.15, 0.2) is 0 Å². The van der Waals surface area contributed by atoms with Crippen LogP contribution in [0.25, 0.3) is 0 Å². The van der Waals surface area contributed by atoms with Crippen molar-refractivity contribution in [1.29, 1.82) is 0 Å². The fourth-order valence-electron chi connectivity index (χ4n) is 4.28. The smallest absolute Gasteiger partial charge is 0.326 e. The normalized spacial score (nSPS) is 22.4. The van der Waals surface area contributed by atoms with Crippen LogP contribution in [-0.2, 0) is 24.0 Å². The van der Waals surface area contributed by atoms with Gasteiger partial charge in [-0.05, 0) is 51.5 Å². The molecule has 2 rings (SSSR count). The maximum absolute atomic E-state index is 13.3. The number of rotatable bonds is 11. The van der Waals surface area contributed by atoms with E-state index in [1.54, 1.807) is 0 Å². The van der Waals surface area contributed by atoms with Crippen LogP contribution in [0.5, 0.6) is 0 Å². The largest absolute Gasteiger partial charge is 0.481 e. The van der Waals surface area contributed by atoms with Crippen LogP contribution in [0.2, 0.25) is 0 Å². The Hall–Kier alpha value is -2.73. The van der Waals surface area contributed by atoms with Crippen LogP contribution in [0.3, 0.4) is 0 Å². The summed E-state index contributed by atoms with van der Waals surface area (Å²) in [4.78, 5) is 63.8. The molecule has 0 aromatic heterocycles. The SMILES string of the molecule is NCCCCC(NC(=O)C(N)CC(=O)O)C(=O)N1CCCC1C(=O)N1CCCC1C(=O)O.